The van der Waals surface area contributed by atoms with Crippen molar-refractivity contribution < 1.29 is 46.3 Å². The Morgan fingerprint density at radius 1 is 0.803 bits per heavy atom. The zero-order valence-corrected chi connectivity index (χ0v) is 39.4. The Hall–Kier alpha value is -2.18. The van der Waals surface area contributed by atoms with Crippen LogP contribution in [0.5, 0.6) is 0 Å². The van der Waals surface area contributed by atoms with Crippen molar-refractivity contribution in [3.63, 3.8) is 0 Å². The molecule has 4 N–H and O–H groups in total. The second-order valence-electron chi connectivity index (χ2n) is 17.1. The van der Waals surface area contributed by atoms with Crippen LogP contribution >= 0.6 is 22.7 Å². The minimum atomic E-state index is -3.93. The molecule has 4 aliphatic rings. The van der Waals surface area contributed by atoms with Gasteiger partial charge in [-0.25, -0.2) is 46.4 Å². The average Bonchev–Trinajstić information content (AvgIpc) is 3.96. The largest absolute Gasteiger partial charge is 0.383 e. The number of amides is 2. The molecule has 0 atom stereocenters. The van der Waals surface area contributed by atoms with Gasteiger partial charge in [-0.15, -0.1) is 22.7 Å². The molecule has 0 spiro atoms. The second-order valence-corrected chi connectivity index (χ2v) is 23.8. The lowest BCUT2D eigenvalue weighted by atomic mass is 9.95. The molecule has 6 rings (SSSR count). The van der Waals surface area contributed by atoms with E-state index in [9.17, 15) is 31.6 Å². The van der Waals surface area contributed by atoms with E-state index >= 15 is 0 Å². The van der Waals surface area contributed by atoms with Crippen molar-refractivity contribution in [2.45, 2.75) is 126 Å². The third-order valence-electron chi connectivity index (χ3n) is 12.7. The molecule has 0 radical (unpaired) electrons. The number of hydrogen-bond acceptors (Lipinski definition) is 15. The van der Waals surface area contributed by atoms with Gasteiger partial charge in [0.2, 0.25) is 20.0 Å². The number of aryl methyl sites for hydroxylation is 1. The standard InChI is InChI=1S/C21H36N4O5S2.C19H31N3O5S2/c1-16(2)14-18-15-22-19(31-18)17-4-8-25(9-5-17)32(28,29)21(20(26)23-27)6-10-24(11-7-21)12-13-30-3;1-2-3-4-5-16-14-20-17(28-16)15-6-10-22(11-7-15)29(25,26)19(18(23)21-24)8-12-27-13-9-19/h15-17,27H,4-14H2,1-3H3,(H,23,26);14-15,24H,2-13H2,1H3,(H,21,23). The predicted molar refractivity (Wildman–Crippen MR) is 234 cm³/mol. The maximum absolute atomic E-state index is 13.6. The fourth-order valence-corrected chi connectivity index (χ4v) is 15.6. The summed E-state index contributed by atoms with van der Waals surface area (Å²) in [6.45, 7) is 10.5. The highest BCUT2D eigenvalue weighted by atomic mass is 32.2. The molecule has 2 aromatic rings. The summed E-state index contributed by atoms with van der Waals surface area (Å²) >= 11 is 3.47. The molecule has 4 saturated heterocycles. The van der Waals surface area contributed by atoms with Crippen LogP contribution in [0.1, 0.15) is 123 Å². The van der Waals surface area contributed by atoms with Crippen LogP contribution in [-0.2, 0) is 52.0 Å². The number of likely N-dealkylation sites (tertiary alicyclic amines) is 1. The maximum Gasteiger partial charge on any atom is 0.266 e. The molecule has 6 heterocycles. The number of carbonyl (C=O) groups excluding carboxylic acids is 2. The number of nitrogens with zero attached hydrogens (tertiary/aromatic N) is 5. The molecule has 0 aromatic carbocycles. The summed E-state index contributed by atoms with van der Waals surface area (Å²) in [6.07, 6.45) is 12.7. The highest BCUT2D eigenvalue weighted by Gasteiger charge is 2.56. The topological polar surface area (TPSA) is 221 Å². The van der Waals surface area contributed by atoms with Crippen molar-refractivity contribution in [2.75, 3.05) is 72.7 Å². The van der Waals surface area contributed by atoms with E-state index in [1.165, 1.54) is 37.6 Å². The third kappa shape index (κ3) is 11.6. The lowest BCUT2D eigenvalue weighted by Gasteiger charge is -2.43. The second kappa shape index (κ2) is 22.6. The van der Waals surface area contributed by atoms with Crippen molar-refractivity contribution in [2.24, 2.45) is 5.92 Å². The number of nitrogens with one attached hydrogen (secondary N) is 2. The summed E-state index contributed by atoms with van der Waals surface area (Å²) in [4.78, 5) is 38.8. The summed E-state index contributed by atoms with van der Waals surface area (Å²) in [7, 11) is -6.22. The van der Waals surface area contributed by atoms with Gasteiger partial charge in [0.25, 0.3) is 11.8 Å². The van der Waals surface area contributed by atoms with E-state index in [1.54, 1.807) is 40.7 Å². The van der Waals surface area contributed by atoms with Crippen LogP contribution in [0.3, 0.4) is 0 Å². The predicted octanol–water partition coefficient (Wildman–Crippen LogP) is 4.28. The highest BCUT2D eigenvalue weighted by Crippen LogP contribution is 2.40. The van der Waals surface area contributed by atoms with E-state index in [0.29, 0.717) is 84.0 Å². The minimum absolute atomic E-state index is 0.0508. The fourth-order valence-electron chi connectivity index (χ4n) is 8.83. The smallest absolute Gasteiger partial charge is 0.266 e. The number of hydrogen-bond donors (Lipinski definition) is 4. The lowest BCUT2D eigenvalue weighted by Crippen LogP contribution is -2.62. The molecule has 0 bridgehead atoms. The van der Waals surface area contributed by atoms with Gasteiger partial charge < -0.3 is 14.4 Å². The fraction of sp³-hybridized carbons (Fsp3) is 0.800. The minimum Gasteiger partial charge on any atom is -0.383 e. The zero-order chi connectivity index (χ0) is 44.3. The number of thiazole rings is 2. The number of aromatic nitrogens is 2. The molecule has 4 fully saturated rings. The molecule has 0 aliphatic carbocycles. The zero-order valence-electron chi connectivity index (χ0n) is 36.2. The van der Waals surface area contributed by atoms with Gasteiger partial charge in [0, 0.05) is 113 Å². The third-order valence-corrected chi connectivity index (χ3v) is 20.3. The Morgan fingerprint density at radius 2 is 1.28 bits per heavy atom. The van der Waals surface area contributed by atoms with Crippen LogP contribution in [0.4, 0.5) is 0 Å². The Morgan fingerprint density at radius 3 is 1.74 bits per heavy atom. The summed E-state index contributed by atoms with van der Waals surface area (Å²) in [5.41, 5.74) is 3.21. The molecule has 0 saturated carbocycles. The van der Waals surface area contributed by atoms with E-state index in [0.717, 1.165) is 22.9 Å². The summed E-state index contributed by atoms with van der Waals surface area (Å²) < 4.78 is 63.9. The Labute approximate surface area is 370 Å². The van der Waals surface area contributed by atoms with Gasteiger partial charge in [0.15, 0.2) is 9.49 Å². The number of sulfonamides is 2. The molecule has 61 heavy (non-hydrogen) atoms. The number of rotatable bonds is 17. The summed E-state index contributed by atoms with van der Waals surface area (Å²) in [5, 5.41) is 20.7. The van der Waals surface area contributed by atoms with Gasteiger partial charge >= 0.3 is 0 Å². The average molecular weight is 934 g/mol. The number of hydroxylamine groups is 2. The van der Waals surface area contributed by atoms with Crippen LogP contribution in [-0.4, -0.2) is 145 Å². The van der Waals surface area contributed by atoms with Gasteiger partial charge in [-0.3, -0.25) is 20.0 Å². The lowest BCUT2D eigenvalue weighted by molar-refractivity contribution is -0.134. The Balaban J connectivity index is 0.000000232. The quantitative estimate of drug-likeness (QED) is 0.0991. The number of methoxy groups -OCH3 is 1. The van der Waals surface area contributed by atoms with Crippen LogP contribution < -0.4 is 11.0 Å². The maximum atomic E-state index is 13.6. The molecular weight excluding hydrogens is 867 g/mol. The number of piperidine rings is 3. The summed E-state index contributed by atoms with van der Waals surface area (Å²) in [6, 6.07) is 0. The molecule has 0 unspecified atom stereocenters. The van der Waals surface area contributed by atoms with Gasteiger partial charge in [-0.1, -0.05) is 33.6 Å². The number of ether oxygens (including phenoxy) is 2. The van der Waals surface area contributed by atoms with Gasteiger partial charge in [0.05, 0.1) is 16.6 Å². The summed E-state index contributed by atoms with van der Waals surface area (Å²) in [5.74, 6) is -0.622. The van der Waals surface area contributed by atoms with Crippen LogP contribution in [0.25, 0.3) is 0 Å². The van der Waals surface area contributed by atoms with E-state index in [1.807, 2.05) is 12.4 Å². The monoisotopic (exact) mass is 933 g/mol. The molecule has 2 aromatic heterocycles. The highest BCUT2D eigenvalue weighted by molar-refractivity contribution is 7.91. The van der Waals surface area contributed by atoms with Gasteiger partial charge in [0.1, 0.15) is 0 Å². The molecule has 2 amide bonds. The first kappa shape index (κ1) is 49.8. The van der Waals surface area contributed by atoms with Crippen molar-refractivity contribution >= 4 is 54.5 Å². The van der Waals surface area contributed by atoms with E-state index in [-0.39, 0.29) is 50.7 Å². The first-order chi connectivity index (χ1) is 29.2. The van der Waals surface area contributed by atoms with Crippen LogP contribution in [0.15, 0.2) is 12.4 Å². The molecule has 346 valence electrons. The van der Waals surface area contributed by atoms with Crippen molar-refractivity contribution in [1.29, 1.82) is 0 Å². The first-order valence-electron chi connectivity index (χ1n) is 21.7. The molecule has 4 aliphatic heterocycles. The van der Waals surface area contributed by atoms with Crippen molar-refractivity contribution in [3.05, 3.63) is 32.2 Å². The molecule has 21 heteroatoms. The van der Waals surface area contributed by atoms with E-state index < -0.39 is 41.4 Å². The Bertz CT molecular complexity index is 1910. The van der Waals surface area contributed by atoms with Crippen LogP contribution in [0, 0.1) is 5.92 Å². The molecule has 17 nitrogen and oxygen atoms in total. The van der Waals surface area contributed by atoms with Crippen LogP contribution in [0.2, 0.25) is 0 Å². The molecular formula is C40H67N7O10S4. The van der Waals surface area contributed by atoms with Gasteiger partial charge in [-0.05, 0) is 63.7 Å². The number of carbonyl (C=O) groups is 2. The normalized spacial score (nSPS) is 21.2. The van der Waals surface area contributed by atoms with E-state index in [2.05, 4.69) is 35.6 Å². The SMILES string of the molecule is CCCCCc1cnc(C2CCN(S(=O)(=O)C3(C(=O)NO)CCOCC3)CC2)s1.COCCN1CCC(C(=O)NO)(S(=O)(=O)N2CCC(c3ncc(CC(C)C)s3)CC2)CC1. The first-order valence-corrected chi connectivity index (χ1v) is 26.3. The Kier molecular flexibility index (Phi) is 18.5. The van der Waals surface area contributed by atoms with Gasteiger partial charge in [-0.2, -0.15) is 0 Å². The van der Waals surface area contributed by atoms with Crippen molar-refractivity contribution in [1.82, 2.24) is 34.4 Å². The van der Waals surface area contributed by atoms with E-state index in [4.69, 9.17) is 14.7 Å². The van der Waals surface area contributed by atoms with Crippen molar-refractivity contribution in [3.8, 4) is 0 Å². The number of unbranched alkanes of at least 4 members (excludes halogenated alkanes) is 2.